The lowest BCUT2D eigenvalue weighted by Crippen LogP contribution is -2.31. The zero-order chi connectivity index (χ0) is 24.3. The van der Waals surface area contributed by atoms with Gasteiger partial charge in [0.25, 0.3) is 5.91 Å². The van der Waals surface area contributed by atoms with Crippen LogP contribution in [0.15, 0.2) is 78.7 Å². The standard InChI is InChI=1S/C26H24N2O4S2/c1-4-15-28(25(29)19-11-9-18(10-12-19)17-34(3,30)31)26-27-23(16-33-26)21-13-14-24(32-2)22-8-6-5-7-20(21)22/h4-14,16H,1,15,17H2,2-3H3. The Kier molecular flexibility index (Phi) is 6.81. The second-order valence-electron chi connectivity index (χ2n) is 7.85. The van der Waals surface area contributed by atoms with Crippen molar-refractivity contribution in [2.75, 3.05) is 24.8 Å². The number of ether oxygens (including phenoxy) is 1. The highest BCUT2D eigenvalue weighted by Crippen LogP contribution is 2.36. The Bertz CT molecular complexity index is 1460. The van der Waals surface area contributed by atoms with Crippen LogP contribution in [-0.2, 0) is 15.6 Å². The van der Waals surface area contributed by atoms with E-state index in [0.717, 1.165) is 27.8 Å². The molecule has 0 aliphatic heterocycles. The number of anilines is 1. The van der Waals surface area contributed by atoms with Gasteiger partial charge in [-0.15, -0.1) is 17.9 Å². The first-order chi connectivity index (χ1) is 16.3. The highest BCUT2D eigenvalue weighted by Gasteiger charge is 2.21. The number of nitrogens with zero attached hydrogens (tertiary/aromatic N) is 2. The number of benzene rings is 3. The third-order valence-electron chi connectivity index (χ3n) is 5.29. The number of aromatic nitrogens is 1. The van der Waals surface area contributed by atoms with Gasteiger partial charge in [0.2, 0.25) is 0 Å². The summed E-state index contributed by atoms with van der Waals surface area (Å²) >= 11 is 1.38. The minimum absolute atomic E-state index is 0.0660. The highest BCUT2D eigenvalue weighted by molar-refractivity contribution is 7.89. The van der Waals surface area contributed by atoms with E-state index in [1.165, 1.54) is 17.6 Å². The van der Waals surface area contributed by atoms with Crippen LogP contribution in [0.3, 0.4) is 0 Å². The summed E-state index contributed by atoms with van der Waals surface area (Å²) in [6.07, 6.45) is 2.84. The predicted octanol–water partition coefficient (Wildman–Crippen LogP) is 5.35. The van der Waals surface area contributed by atoms with Crippen molar-refractivity contribution in [3.05, 3.63) is 89.8 Å². The number of thiazole rings is 1. The SMILES string of the molecule is C=CCN(C(=O)c1ccc(CS(C)(=O)=O)cc1)c1nc(-c2ccc(OC)c3ccccc23)cs1. The maximum absolute atomic E-state index is 13.3. The van der Waals surface area contributed by atoms with Crippen molar-refractivity contribution in [2.45, 2.75) is 5.75 Å². The van der Waals surface area contributed by atoms with Crippen molar-refractivity contribution in [3.8, 4) is 17.0 Å². The summed E-state index contributed by atoms with van der Waals surface area (Å²) < 4.78 is 28.6. The van der Waals surface area contributed by atoms with Crippen LogP contribution in [0.25, 0.3) is 22.0 Å². The molecule has 1 heterocycles. The van der Waals surface area contributed by atoms with E-state index in [0.29, 0.717) is 22.8 Å². The Morgan fingerprint density at radius 3 is 2.44 bits per heavy atom. The molecular formula is C26H24N2O4S2. The van der Waals surface area contributed by atoms with Crippen LogP contribution in [0.1, 0.15) is 15.9 Å². The predicted molar refractivity (Wildman–Crippen MR) is 138 cm³/mol. The lowest BCUT2D eigenvalue weighted by atomic mass is 10.0. The molecule has 0 saturated heterocycles. The second kappa shape index (κ2) is 9.79. The Balaban J connectivity index is 1.66. The van der Waals surface area contributed by atoms with Crippen molar-refractivity contribution in [1.82, 2.24) is 4.98 Å². The van der Waals surface area contributed by atoms with E-state index in [9.17, 15) is 13.2 Å². The van der Waals surface area contributed by atoms with E-state index < -0.39 is 9.84 Å². The summed E-state index contributed by atoms with van der Waals surface area (Å²) in [6.45, 7) is 4.08. The fourth-order valence-electron chi connectivity index (χ4n) is 3.76. The van der Waals surface area contributed by atoms with Gasteiger partial charge in [-0.2, -0.15) is 0 Å². The maximum atomic E-state index is 13.3. The largest absolute Gasteiger partial charge is 0.496 e. The van der Waals surface area contributed by atoms with Crippen LogP contribution >= 0.6 is 11.3 Å². The molecule has 0 bridgehead atoms. The van der Waals surface area contributed by atoms with Gasteiger partial charge in [-0.25, -0.2) is 13.4 Å². The van der Waals surface area contributed by atoms with E-state index in [4.69, 9.17) is 9.72 Å². The zero-order valence-electron chi connectivity index (χ0n) is 18.9. The van der Waals surface area contributed by atoms with Crippen LogP contribution < -0.4 is 9.64 Å². The summed E-state index contributed by atoms with van der Waals surface area (Å²) in [7, 11) is -1.50. The molecule has 1 aromatic heterocycles. The molecule has 1 amide bonds. The minimum atomic E-state index is -3.15. The Morgan fingerprint density at radius 1 is 1.09 bits per heavy atom. The van der Waals surface area contributed by atoms with Gasteiger partial charge < -0.3 is 4.74 Å². The quantitative estimate of drug-likeness (QED) is 0.310. The molecule has 34 heavy (non-hydrogen) atoms. The molecule has 8 heteroatoms. The van der Waals surface area contributed by atoms with Crippen LogP contribution in [-0.4, -0.2) is 39.2 Å². The second-order valence-corrected chi connectivity index (χ2v) is 10.8. The number of carbonyl (C=O) groups is 1. The van der Waals surface area contributed by atoms with Crippen molar-refractivity contribution in [3.63, 3.8) is 0 Å². The molecule has 6 nitrogen and oxygen atoms in total. The molecule has 0 aliphatic rings. The van der Waals surface area contributed by atoms with Gasteiger partial charge in [-0.1, -0.05) is 42.5 Å². The molecule has 3 aromatic carbocycles. The van der Waals surface area contributed by atoms with Crippen molar-refractivity contribution in [2.24, 2.45) is 0 Å². The van der Waals surface area contributed by atoms with Crippen molar-refractivity contribution < 1.29 is 17.9 Å². The lowest BCUT2D eigenvalue weighted by Gasteiger charge is -2.18. The lowest BCUT2D eigenvalue weighted by molar-refractivity contribution is 0.0989. The van der Waals surface area contributed by atoms with Crippen molar-refractivity contribution in [1.29, 1.82) is 0 Å². The van der Waals surface area contributed by atoms with Crippen molar-refractivity contribution >= 4 is 43.0 Å². The molecule has 4 aromatic rings. The smallest absolute Gasteiger partial charge is 0.260 e. The van der Waals surface area contributed by atoms with Crippen LogP contribution in [0, 0.1) is 0 Å². The third-order valence-corrected chi connectivity index (χ3v) is 7.01. The number of rotatable bonds is 8. The summed E-state index contributed by atoms with van der Waals surface area (Å²) in [5.74, 6) is 0.493. The van der Waals surface area contributed by atoms with E-state index in [1.54, 1.807) is 42.4 Å². The topological polar surface area (TPSA) is 76.6 Å². The van der Waals surface area contributed by atoms with Crippen LogP contribution in [0.5, 0.6) is 5.75 Å². The maximum Gasteiger partial charge on any atom is 0.260 e. The van der Waals surface area contributed by atoms with E-state index in [-0.39, 0.29) is 11.7 Å². The minimum Gasteiger partial charge on any atom is -0.496 e. The molecule has 0 N–H and O–H groups in total. The zero-order valence-corrected chi connectivity index (χ0v) is 20.5. The monoisotopic (exact) mass is 492 g/mol. The summed E-state index contributed by atoms with van der Waals surface area (Å²) in [4.78, 5) is 19.6. The number of hydrogen-bond acceptors (Lipinski definition) is 6. The normalized spacial score (nSPS) is 11.4. The molecule has 0 atom stereocenters. The molecule has 0 aliphatic carbocycles. The van der Waals surface area contributed by atoms with Gasteiger partial charge >= 0.3 is 0 Å². The third kappa shape index (κ3) is 5.03. The van der Waals surface area contributed by atoms with Crippen LogP contribution in [0.4, 0.5) is 5.13 Å². The molecule has 0 unspecified atom stereocenters. The van der Waals surface area contributed by atoms with Gasteiger partial charge in [-0.05, 0) is 35.2 Å². The number of amides is 1. The molecule has 0 radical (unpaired) electrons. The number of carbonyl (C=O) groups excluding carboxylic acids is 1. The van der Waals surface area contributed by atoms with Gasteiger partial charge in [0.1, 0.15) is 5.75 Å². The highest BCUT2D eigenvalue weighted by atomic mass is 32.2. The molecule has 0 saturated carbocycles. The molecule has 4 rings (SSSR count). The fraction of sp³-hybridized carbons (Fsp3) is 0.154. The molecule has 0 fully saturated rings. The van der Waals surface area contributed by atoms with Gasteiger partial charge in [0.15, 0.2) is 15.0 Å². The Labute approximate surface area is 203 Å². The Morgan fingerprint density at radius 2 is 1.79 bits per heavy atom. The van der Waals surface area contributed by atoms with Gasteiger partial charge in [0.05, 0.1) is 18.6 Å². The average molecular weight is 493 g/mol. The number of methoxy groups -OCH3 is 1. The van der Waals surface area contributed by atoms with E-state index in [2.05, 4.69) is 6.58 Å². The molecular weight excluding hydrogens is 468 g/mol. The first kappa shape index (κ1) is 23.7. The Hall–Kier alpha value is -3.49. The first-order valence-corrected chi connectivity index (χ1v) is 13.5. The number of fused-ring (bicyclic) bond motifs is 1. The summed E-state index contributed by atoms with van der Waals surface area (Å²) in [6, 6.07) is 18.5. The van der Waals surface area contributed by atoms with Crippen LogP contribution in [0.2, 0.25) is 0 Å². The van der Waals surface area contributed by atoms with E-state index in [1.807, 2.05) is 41.8 Å². The fourth-order valence-corrected chi connectivity index (χ4v) is 5.39. The van der Waals surface area contributed by atoms with Gasteiger partial charge in [-0.3, -0.25) is 9.69 Å². The molecule has 0 spiro atoms. The number of sulfone groups is 1. The summed E-state index contributed by atoms with van der Waals surface area (Å²) in [5.41, 5.74) is 2.81. The van der Waals surface area contributed by atoms with Gasteiger partial charge in [0, 0.05) is 34.7 Å². The summed E-state index contributed by atoms with van der Waals surface area (Å²) in [5, 5.41) is 4.49. The number of hydrogen-bond donors (Lipinski definition) is 0. The first-order valence-electron chi connectivity index (χ1n) is 10.5. The molecule has 174 valence electrons. The average Bonchev–Trinajstić information content (AvgIpc) is 3.30. The van der Waals surface area contributed by atoms with E-state index >= 15 is 0 Å².